The molecular weight excluding hydrogens is 410 g/mol. The van der Waals surface area contributed by atoms with E-state index in [2.05, 4.69) is 20.7 Å². The van der Waals surface area contributed by atoms with Crippen LogP contribution in [0.4, 0.5) is 11.4 Å². The molecule has 5 N–H and O–H groups in total. The first-order valence-corrected chi connectivity index (χ1v) is 10.0. The Kier molecular flexibility index (Phi) is 5.86. The van der Waals surface area contributed by atoms with E-state index in [4.69, 9.17) is 10.8 Å². The van der Waals surface area contributed by atoms with Crippen molar-refractivity contribution in [2.75, 3.05) is 24.2 Å². The number of fused-ring (bicyclic) bond motifs is 1. The number of carbonyl (C=O) groups is 2. The minimum Gasteiger partial charge on any atom is -0.396 e. The van der Waals surface area contributed by atoms with E-state index in [0.717, 1.165) is 11.3 Å². The summed E-state index contributed by atoms with van der Waals surface area (Å²) in [6.45, 7) is 0.251. The van der Waals surface area contributed by atoms with Crippen LogP contribution >= 0.6 is 0 Å². The predicted molar refractivity (Wildman–Crippen MR) is 120 cm³/mol. The summed E-state index contributed by atoms with van der Waals surface area (Å²) in [5.41, 5.74) is 9.47. The zero-order valence-electron chi connectivity index (χ0n) is 17.4. The summed E-state index contributed by atoms with van der Waals surface area (Å²) in [7, 11) is 1.58. The maximum absolute atomic E-state index is 13.0. The smallest absolute Gasteiger partial charge is 0.274 e. The number of aromatic nitrogens is 4. The van der Waals surface area contributed by atoms with Crippen LogP contribution in [-0.4, -0.2) is 49.2 Å². The van der Waals surface area contributed by atoms with Crippen molar-refractivity contribution in [1.82, 2.24) is 24.5 Å². The molecule has 0 unspecified atom stereocenters. The standard InChI is InChI=1S/C22H23N7O3/c1-28-20(15(11-25-28)21(31)24-8-5-9-30)22(32)27-17-10-19-26-18(13-29(19)12-16(17)23)14-6-3-2-4-7-14/h2-4,6-7,10-13,30H,5,8-9,23H2,1H3,(H,24,31)(H,27,32). The Morgan fingerprint density at radius 2 is 1.94 bits per heavy atom. The van der Waals surface area contributed by atoms with E-state index in [0.29, 0.717) is 30.0 Å². The number of nitrogens with zero attached hydrogens (tertiary/aromatic N) is 4. The predicted octanol–water partition coefficient (Wildman–Crippen LogP) is 1.68. The highest BCUT2D eigenvalue weighted by Gasteiger charge is 2.23. The van der Waals surface area contributed by atoms with Crippen molar-refractivity contribution in [3.05, 3.63) is 66.2 Å². The number of imidazole rings is 1. The molecule has 0 aliphatic carbocycles. The molecule has 3 aromatic heterocycles. The van der Waals surface area contributed by atoms with Gasteiger partial charge in [0.1, 0.15) is 11.3 Å². The van der Waals surface area contributed by atoms with Crippen molar-refractivity contribution in [3.63, 3.8) is 0 Å². The van der Waals surface area contributed by atoms with E-state index in [1.54, 1.807) is 23.7 Å². The Morgan fingerprint density at radius 3 is 2.69 bits per heavy atom. The molecule has 0 fully saturated rings. The van der Waals surface area contributed by atoms with Crippen LogP contribution in [0.15, 0.2) is 55.0 Å². The number of hydrogen-bond acceptors (Lipinski definition) is 6. The lowest BCUT2D eigenvalue weighted by molar-refractivity contribution is 0.0936. The number of anilines is 2. The van der Waals surface area contributed by atoms with Crippen molar-refractivity contribution < 1.29 is 14.7 Å². The van der Waals surface area contributed by atoms with Gasteiger partial charge in [-0.15, -0.1) is 0 Å². The molecule has 0 saturated carbocycles. The maximum atomic E-state index is 13.0. The van der Waals surface area contributed by atoms with Crippen molar-refractivity contribution in [3.8, 4) is 11.3 Å². The molecule has 0 spiro atoms. The van der Waals surface area contributed by atoms with E-state index in [-0.39, 0.29) is 17.9 Å². The normalized spacial score (nSPS) is 10.9. The average molecular weight is 433 g/mol. The number of aliphatic hydroxyl groups is 1. The molecule has 4 aromatic rings. The molecule has 0 saturated heterocycles. The lowest BCUT2D eigenvalue weighted by atomic mass is 10.2. The number of amides is 2. The number of aliphatic hydroxyl groups excluding tert-OH is 1. The van der Waals surface area contributed by atoms with Crippen molar-refractivity contribution >= 4 is 28.8 Å². The Balaban J connectivity index is 1.60. The number of benzene rings is 1. The highest BCUT2D eigenvalue weighted by Crippen LogP contribution is 2.25. The van der Waals surface area contributed by atoms with Gasteiger partial charge >= 0.3 is 0 Å². The van der Waals surface area contributed by atoms with Gasteiger partial charge in [-0.05, 0) is 6.42 Å². The second-order valence-electron chi connectivity index (χ2n) is 7.22. The minimum atomic E-state index is -0.525. The summed E-state index contributed by atoms with van der Waals surface area (Å²) in [6.07, 6.45) is 5.29. The molecule has 0 radical (unpaired) electrons. The summed E-state index contributed by atoms with van der Waals surface area (Å²) in [4.78, 5) is 30.0. The number of nitrogens with two attached hydrogens (primary N) is 1. The molecule has 2 amide bonds. The molecule has 164 valence electrons. The minimum absolute atomic E-state index is 0.0395. The van der Waals surface area contributed by atoms with Gasteiger partial charge in [-0.2, -0.15) is 5.10 Å². The first-order valence-electron chi connectivity index (χ1n) is 10.0. The third kappa shape index (κ3) is 4.16. The molecular formula is C22H23N7O3. The van der Waals surface area contributed by atoms with Crippen LogP contribution in [0.3, 0.4) is 0 Å². The third-order valence-electron chi connectivity index (χ3n) is 4.96. The van der Waals surface area contributed by atoms with Crippen LogP contribution in [0.2, 0.25) is 0 Å². The lowest BCUT2D eigenvalue weighted by Gasteiger charge is -2.10. The van der Waals surface area contributed by atoms with Gasteiger partial charge in [-0.3, -0.25) is 14.3 Å². The van der Waals surface area contributed by atoms with Crippen molar-refractivity contribution in [2.45, 2.75) is 6.42 Å². The van der Waals surface area contributed by atoms with Crippen LogP contribution < -0.4 is 16.4 Å². The summed E-state index contributed by atoms with van der Waals surface area (Å²) in [5, 5.41) is 18.3. The van der Waals surface area contributed by atoms with Gasteiger partial charge in [0.15, 0.2) is 0 Å². The maximum Gasteiger partial charge on any atom is 0.274 e. The summed E-state index contributed by atoms with van der Waals surface area (Å²) < 4.78 is 3.12. The molecule has 0 aliphatic rings. The Morgan fingerprint density at radius 1 is 1.16 bits per heavy atom. The third-order valence-corrected chi connectivity index (χ3v) is 4.96. The van der Waals surface area contributed by atoms with Gasteiger partial charge in [0.25, 0.3) is 11.8 Å². The van der Waals surface area contributed by atoms with E-state index in [1.165, 1.54) is 10.9 Å². The number of nitrogens with one attached hydrogen (secondary N) is 2. The van der Waals surface area contributed by atoms with Gasteiger partial charge in [0.05, 0.1) is 28.8 Å². The second-order valence-corrected chi connectivity index (χ2v) is 7.22. The van der Waals surface area contributed by atoms with E-state index in [1.807, 2.05) is 36.5 Å². The van der Waals surface area contributed by atoms with Gasteiger partial charge in [0, 0.05) is 44.2 Å². The summed E-state index contributed by atoms with van der Waals surface area (Å²) >= 11 is 0. The Labute approximate surface area is 183 Å². The fraction of sp³-hybridized carbons (Fsp3) is 0.182. The van der Waals surface area contributed by atoms with Crippen LogP contribution in [0.5, 0.6) is 0 Å². The van der Waals surface area contributed by atoms with Crippen LogP contribution in [-0.2, 0) is 7.05 Å². The molecule has 32 heavy (non-hydrogen) atoms. The number of nitrogen functional groups attached to an aromatic ring is 1. The molecule has 0 aliphatic heterocycles. The van der Waals surface area contributed by atoms with Crippen LogP contribution in [0, 0.1) is 0 Å². The summed E-state index contributed by atoms with van der Waals surface area (Å²) in [6, 6.07) is 11.4. The molecule has 0 atom stereocenters. The monoisotopic (exact) mass is 433 g/mol. The van der Waals surface area contributed by atoms with Gasteiger partial charge < -0.3 is 25.9 Å². The van der Waals surface area contributed by atoms with Crippen molar-refractivity contribution in [1.29, 1.82) is 0 Å². The number of aryl methyl sites for hydroxylation is 1. The number of hydrogen-bond donors (Lipinski definition) is 4. The van der Waals surface area contributed by atoms with Gasteiger partial charge in [-0.1, -0.05) is 30.3 Å². The average Bonchev–Trinajstić information content (AvgIpc) is 3.38. The Hall–Kier alpha value is -4.18. The molecule has 10 heteroatoms. The SMILES string of the molecule is Cn1ncc(C(=O)NCCCO)c1C(=O)Nc1cc2nc(-c3ccccc3)cn2cc1N. The molecule has 1 aromatic carbocycles. The fourth-order valence-electron chi connectivity index (χ4n) is 3.34. The van der Waals surface area contributed by atoms with Gasteiger partial charge in [-0.25, -0.2) is 4.98 Å². The highest BCUT2D eigenvalue weighted by molar-refractivity contribution is 6.11. The number of rotatable bonds is 7. The van der Waals surface area contributed by atoms with E-state index >= 15 is 0 Å². The van der Waals surface area contributed by atoms with Crippen LogP contribution in [0.1, 0.15) is 27.3 Å². The summed E-state index contributed by atoms with van der Waals surface area (Å²) in [5.74, 6) is -0.968. The first kappa shape index (κ1) is 21.1. The number of carbonyl (C=O) groups excluding carboxylic acids is 2. The zero-order valence-corrected chi connectivity index (χ0v) is 17.4. The molecule has 10 nitrogen and oxygen atoms in total. The molecule has 4 rings (SSSR count). The lowest BCUT2D eigenvalue weighted by Crippen LogP contribution is -2.28. The van der Waals surface area contributed by atoms with E-state index < -0.39 is 11.8 Å². The largest absolute Gasteiger partial charge is 0.396 e. The van der Waals surface area contributed by atoms with Gasteiger partial charge in [0.2, 0.25) is 0 Å². The first-order chi connectivity index (χ1) is 15.5. The zero-order chi connectivity index (χ0) is 22.7. The van der Waals surface area contributed by atoms with E-state index in [9.17, 15) is 9.59 Å². The molecule has 0 bridgehead atoms. The van der Waals surface area contributed by atoms with Crippen molar-refractivity contribution in [2.24, 2.45) is 7.05 Å². The Bertz CT molecular complexity index is 1280. The highest BCUT2D eigenvalue weighted by atomic mass is 16.3. The fourth-order valence-corrected chi connectivity index (χ4v) is 3.34. The second kappa shape index (κ2) is 8.90. The number of pyridine rings is 1. The quantitative estimate of drug-likeness (QED) is 0.327. The molecule has 3 heterocycles. The topological polar surface area (TPSA) is 140 Å². The van der Waals surface area contributed by atoms with Crippen LogP contribution in [0.25, 0.3) is 16.9 Å².